The fraction of sp³-hybridized carbons (Fsp3) is 0.200. The third kappa shape index (κ3) is 1.65. The number of imidazole rings is 1. The molecule has 2 aromatic rings. The van der Waals surface area contributed by atoms with Gasteiger partial charge in [-0.15, -0.1) is 0 Å². The van der Waals surface area contributed by atoms with Crippen molar-refractivity contribution in [2.45, 2.75) is 0 Å². The van der Waals surface area contributed by atoms with Crippen molar-refractivity contribution in [1.29, 1.82) is 0 Å². The number of aromatic amines is 1. The molecule has 72 valence electrons. The molecule has 2 rings (SSSR count). The van der Waals surface area contributed by atoms with E-state index in [-0.39, 0.29) is 5.78 Å². The van der Waals surface area contributed by atoms with E-state index in [1.165, 1.54) is 11.8 Å². The summed E-state index contributed by atoms with van der Waals surface area (Å²) >= 11 is 1.54. The summed E-state index contributed by atoms with van der Waals surface area (Å²) < 4.78 is 0. The number of nitrogens with zero attached hydrogens (tertiary/aromatic N) is 1. The lowest BCUT2D eigenvalue weighted by molar-refractivity contribution is 0.102. The van der Waals surface area contributed by atoms with Gasteiger partial charge in [0.15, 0.2) is 5.78 Å². The first-order valence-electron chi connectivity index (χ1n) is 4.26. The van der Waals surface area contributed by atoms with Crippen LogP contribution in [0, 0.1) is 0 Å². The van der Waals surface area contributed by atoms with Gasteiger partial charge in [0.05, 0.1) is 23.1 Å². The van der Waals surface area contributed by atoms with Crippen LogP contribution in [0.15, 0.2) is 24.5 Å². The maximum atomic E-state index is 11.6. The number of carbonyl (C=O) groups excluding carboxylic acids is 1. The minimum Gasteiger partial charge on any atom is -0.345 e. The zero-order chi connectivity index (χ0) is 9.97. The third-order valence-electron chi connectivity index (χ3n) is 2.02. The monoisotopic (exact) mass is 206 g/mol. The predicted molar refractivity (Wildman–Crippen MR) is 58.8 cm³/mol. The lowest BCUT2D eigenvalue weighted by Crippen LogP contribution is -2.01. The second kappa shape index (κ2) is 3.84. The maximum absolute atomic E-state index is 11.6. The molecule has 0 unspecified atom stereocenters. The van der Waals surface area contributed by atoms with Crippen molar-refractivity contribution in [3.63, 3.8) is 0 Å². The minimum atomic E-state index is 0.161. The number of nitrogens with one attached hydrogen (secondary N) is 1. The molecule has 0 amide bonds. The van der Waals surface area contributed by atoms with Crippen molar-refractivity contribution in [2.24, 2.45) is 0 Å². The van der Waals surface area contributed by atoms with Crippen LogP contribution in [0.4, 0.5) is 0 Å². The first-order valence-corrected chi connectivity index (χ1v) is 5.66. The molecule has 1 aromatic heterocycles. The summed E-state index contributed by atoms with van der Waals surface area (Å²) in [5.41, 5.74) is 2.55. The van der Waals surface area contributed by atoms with Gasteiger partial charge in [0.1, 0.15) is 0 Å². The van der Waals surface area contributed by atoms with Gasteiger partial charge in [-0.25, -0.2) is 4.98 Å². The van der Waals surface area contributed by atoms with Crippen LogP contribution in [0.3, 0.4) is 0 Å². The molecule has 0 saturated carbocycles. The van der Waals surface area contributed by atoms with Crippen LogP contribution in [-0.4, -0.2) is 27.8 Å². The summed E-state index contributed by atoms with van der Waals surface area (Å²) in [7, 11) is 0. The first kappa shape index (κ1) is 9.27. The highest BCUT2D eigenvalue weighted by Gasteiger charge is 2.06. The standard InChI is InChI=1S/C10H10N2OS/c1-14-5-10(13)7-2-3-8-9(4-7)12-6-11-8/h2-4,6H,5H2,1H3,(H,11,12). The van der Waals surface area contributed by atoms with Crippen LogP contribution in [0.25, 0.3) is 11.0 Å². The summed E-state index contributed by atoms with van der Waals surface area (Å²) in [4.78, 5) is 18.6. The molecule has 0 fully saturated rings. The number of fused-ring (bicyclic) bond motifs is 1. The predicted octanol–water partition coefficient (Wildman–Crippen LogP) is 2.11. The molecular weight excluding hydrogens is 196 g/mol. The van der Waals surface area contributed by atoms with Crippen LogP contribution in [0.5, 0.6) is 0 Å². The fourth-order valence-corrected chi connectivity index (χ4v) is 1.75. The molecule has 14 heavy (non-hydrogen) atoms. The van der Waals surface area contributed by atoms with E-state index in [1.807, 2.05) is 24.5 Å². The SMILES string of the molecule is CSCC(=O)c1ccc2nc[nH]c2c1. The third-order valence-corrected chi connectivity index (χ3v) is 2.57. The lowest BCUT2D eigenvalue weighted by atomic mass is 10.1. The number of benzene rings is 1. The fourth-order valence-electron chi connectivity index (χ4n) is 1.32. The van der Waals surface area contributed by atoms with Crippen LogP contribution in [0.1, 0.15) is 10.4 Å². The Balaban J connectivity index is 2.38. The van der Waals surface area contributed by atoms with Gasteiger partial charge in [0.2, 0.25) is 0 Å². The summed E-state index contributed by atoms with van der Waals surface area (Å²) in [6, 6.07) is 5.53. The largest absolute Gasteiger partial charge is 0.345 e. The average Bonchev–Trinajstić information content (AvgIpc) is 2.64. The Morgan fingerprint density at radius 3 is 3.21 bits per heavy atom. The molecule has 3 nitrogen and oxygen atoms in total. The van der Waals surface area contributed by atoms with Gasteiger partial charge in [-0.3, -0.25) is 4.79 Å². The quantitative estimate of drug-likeness (QED) is 0.782. The van der Waals surface area contributed by atoms with E-state index in [2.05, 4.69) is 9.97 Å². The Morgan fingerprint density at radius 1 is 1.57 bits per heavy atom. The van der Waals surface area contributed by atoms with Crippen molar-refractivity contribution in [3.05, 3.63) is 30.1 Å². The zero-order valence-electron chi connectivity index (χ0n) is 7.78. The van der Waals surface area contributed by atoms with E-state index >= 15 is 0 Å². The molecule has 0 aliphatic carbocycles. The van der Waals surface area contributed by atoms with E-state index in [4.69, 9.17) is 0 Å². The van der Waals surface area contributed by atoms with E-state index < -0.39 is 0 Å². The van der Waals surface area contributed by atoms with Crippen molar-refractivity contribution in [2.75, 3.05) is 12.0 Å². The van der Waals surface area contributed by atoms with Crippen LogP contribution in [-0.2, 0) is 0 Å². The van der Waals surface area contributed by atoms with E-state index in [9.17, 15) is 4.79 Å². The minimum absolute atomic E-state index is 0.161. The average molecular weight is 206 g/mol. The number of Topliss-reactive ketones (excluding diaryl/α,β-unsaturated/α-hetero) is 1. The Labute approximate surface area is 85.9 Å². The van der Waals surface area contributed by atoms with Crippen molar-refractivity contribution < 1.29 is 4.79 Å². The highest BCUT2D eigenvalue weighted by molar-refractivity contribution is 7.99. The number of hydrogen-bond acceptors (Lipinski definition) is 3. The number of ketones is 1. The van der Waals surface area contributed by atoms with Gasteiger partial charge in [-0.2, -0.15) is 11.8 Å². The van der Waals surface area contributed by atoms with Gasteiger partial charge >= 0.3 is 0 Å². The molecule has 1 aromatic carbocycles. The number of carbonyl (C=O) groups is 1. The molecule has 1 N–H and O–H groups in total. The molecule has 1 heterocycles. The number of hydrogen-bond donors (Lipinski definition) is 1. The Hall–Kier alpha value is -1.29. The van der Waals surface area contributed by atoms with Crippen molar-refractivity contribution in [1.82, 2.24) is 9.97 Å². The van der Waals surface area contributed by atoms with Crippen LogP contribution < -0.4 is 0 Å². The smallest absolute Gasteiger partial charge is 0.172 e. The second-order valence-electron chi connectivity index (χ2n) is 2.99. The highest BCUT2D eigenvalue weighted by Crippen LogP contribution is 2.13. The van der Waals surface area contributed by atoms with Gasteiger partial charge < -0.3 is 4.98 Å². The zero-order valence-corrected chi connectivity index (χ0v) is 8.60. The maximum Gasteiger partial charge on any atom is 0.172 e. The summed E-state index contributed by atoms with van der Waals surface area (Å²) in [6.45, 7) is 0. The Kier molecular flexibility index (Phi) is 2.54. The molecule has 0 bridgehead atoms. The van der Waals surface area contributed by atoms with Gasteiger partial charge in [0.25, 0.3) is 0 Å². The normalized spacial score (nSPS) is 10.6. The molecule has 0 radical (unpaired) electrons. The first-order chi connectivity index (χ1) is 6.81. The van der Waals surface area contributed by atoms with Gasteiger partial charge in [-0.05, 0) is 24.5 Å². The molecule has 0 aliphatic heterocycles. The van der Waals surface area contributed by atoms with Crippen molar-refractivity contribution >= 4 is 28.6 Å². The molecular formula is C10H10N2OS. The van der Waals surface area contributed by atoms with E-state index in [0.717, 1.165) is 16.6 Å². The highest BCUT2D eigenvalue weighted by atomic mass is 32.2. The topological polar surface area (TPSA) is 45.8 Å². The van der Waals surface area contributed by atoms with Crippen LogP contribution >= 0.6 is 11.8 Å². The van der Waals surface area contributed by atoms with E-state index in [1.54, 1.807) is 6.33 Å². The molecule has 0 saturated heterocycles. The van der Waals surface area contributed by atoms with Gasteiger partial charge in [-0.1, -0.05) is 0 Å². The summed E-state index contributed by atoms with van der Waals surface area (Å²) in [5, 5.41) is 0. The van der Waals surface area contributed by atoms with Crippen molar-refractivity contribution in [3.8, 4) is 0 Å². The lowest BCUT2D eigenvalue weighted by Gasteiger charge is -1.98. The number of aromatic nitrogens is 2. The molecule has 4 heteroatoms. The summed E-state index contributed by atoms with van der Waals surface area (Å²) in [5.74, 6) is 0.689. The van der Waals surface area contributed by atoms with E-state index in [0.29, 0.717) is 5.75 Å². The second-order valence-corrected chi connectivity index (χ2v) is 3.86. The Bertz CT molecular complexity index is 464. The Morgan fingerprint density at radius 2 is 2.43 bits per heavy atom. The van der Waals surface area contributed by atoms with Crippen LogP contribution in [0.2, 0.25) is 0 Å². The number of rotatable bonds is 3. The number of thioether (sulfide) groups is 1. The van der Waals surface area contributed by atoms with Gasteiger partial charge in [0, 0.05) is 5.56 Å². The summed E-state index contributed by atoms with van der Waals surface area (Å²) in [6.07, 6.45) is 3.56. The number of H-pyrrole nitrogens is 1. The molecule has 0 spiro atoms. The molecule has 0 atom stereocenters. The molecule has 0 aliphatic rings.